The third-order valence-corrected chi connectivity index (χ3v) is 6.23. The number of carbonyl (C=O) groups excluding carboxylic acids is 1. The fourth-order valence-corrected chi connectivity index (χ4v) is 4.41. The molecule has 0 amide bonds. The van der Waals surface area contributed by atoms with Gasteiger partial charge >= 0.3 is 0 Å². The second kappa shape index (κ2) is 9.16. The van der Waals surface area contributed by atoms with E-state index in [-0.39, 0.29) is 5.78 Å². The molecule has 156 valence electrons. The van der Waals surface area contributed by atoms with Crippen LogP contribution >= 0.6 is 11.8 Å². The number of Topliss-reactive ketones (excluding diaryl/α,β-unsaturated/α-hetero) is 1. The van der Waals surface area contributed by atoms with Crippen LogP contribution in [0.2, 0.25) is 0 Å². The molecule has 0 spiro atoms. The highest BCUT2D eigenvalue weighted by molar-refractivity contribution is 8.00. The average molecular weight is 437 g/mol. The van der Waals surface area contributed by atoms with Crippen molar-refractivity contribution in [1.82, 2.24) is 19.7 Å². The molecule has 3 aromatic carbocycles. The molecule has 0 saturated heterocycles. The summed E-state index contributed by atoms with van der Waals surface area (Å²) in [6, 6.07) is 28.0. The van der Waals surface area contributed by atoms with Crippen molar-refractivity contribution in [2.75, 3.05) is 5.75 Å². The smallest absolute Gasteiger partial charge is 0.173 e. The number of ketones is 1. The van der Waals surface area contributed by atoms with Gasteiger partial charge < -0.3 is 0 Å². The number of thioether (sulfide) groups is 1. The Morgan fingerprint density at radius 1 is 0.812 bits per heavy atom. The summed E-state index contributed by atoms with van der Waals surface area (Å²) < 4.78 is 1.86. The Hall–Kier alpha value is -3.77. The zero-order chi connectivity index (χ0) is 21.8. The summed E-state index contributed by atoms with van der Waals surface area (Å²) in [5.41, 5.74) is 4.85. The van der Waals surface area contributed by atoms with Gasteiger partial charge in [-0.05, 0) is 16.7 Å². The molecule has 2 aromatic heterocycles. The van der Waals surface area contributed by atoms with Gasteiger partial charge in [-0.1, -0.05) is 96.7 Å². The fraction of sp³-hybridized carbons (Fsp3) is 0.0769. The predicted molar refractivity (Wildman–Crippen MR) is 128 cm³/mol. The lowest BCUT2D eigenvalue weighted by Gasteiger charge is -2.06. The van der Waals surface area contributed by atoms with Crippen LogP contribution in [0.1, 0.15) is 15.9 Å². The molecule has 0 aliphatic carbocycles. The molecule has 0 N–H and O–H groups in total. The first-order chi connectivity index (χ1) is 15.8. The van der Waals surface area contributed by atoms with Crippen LogP contribution in [0.3, 0.4) is 0 Å². The van der Waals surface area contributed by atoms with E-state index in [9.17, 15) is 4.79 Å². The van der Waals surface area contributed by atoms with Crippen molar-refractivity contribution in [2.24, 2.45) is 0 Å². The van der Waals surface area contributed by atoms with Gasteiger partial charge in [0, 0.05) is 5.56 Å². The SMILES string of the molecule is O=C(CSc1ncnc2c1cnn2Cc1ccccc1)c1ccc(-c2ccccc2)cc1. The molecule has 0 aliphatic rings. The number of aromatic nitrogens is 4. The fourth-order valence-electron chi connectivity index (χ4n) is 3.55. The van der Waals surface area contributed by atoms with Crippen LogP contribution in [-0.4, -0.2) is 31.3 Å². The maximum Gasteiger partial charge on any atom is 0.173 e. The Kier molecular flexibility index (Phi) is 5.77. The minimum atomic E-state index is 0.0676. The van der Waals surface area contributed by atoms with E-state index in [0.29, 0.717) is 17.9 Å². The molecule has 5 nitrogen and oxygen atoms in total. The molecule has 0 radical (unpaired) electrons. The molecule has 5 rings (SSSR count). The van der Waals surface area contributed by atoms with Gasteiger partial charge in [-0.2, -0.15) is 5.10 Å². The van der Waals surface area contributed by atoms with Crippen molar-refractivity contribution in [3.63, 3.8) is 0 Å². The van der Waals surface area contributed by atoms with Crippen molar-refractivity contribution in [2.45, 2.75) is 11.6 Å². The van der Waals surface area contributed by atoms with Crippen molar-refractivity contribution >= 4 is 28.6 Å². The zero-order valence-electron chi connectivity index (χ0n) is 17.3. The second-order valence-electron chi connectivity index (χ2n) is 7.36. The quantitative estimate of drug-likeness (QED) is 0.191. The summed E-state index contributed by atoms with van der Waals surface area (Å²) >= 11 is 1.42. The molecule has 32 heavy (non-hydrogen) atoms. The number of benzene rings is 3. The molecule has 0 fully saturated rings. The van der Waals surface area contributed by atoms with E-state index in [0.717, 1.165) is 32.7 Å². The lowest BCUT2D eigenvalue weighted by Crippen LogP contribution is -2.04. The third kappa shape index (κ3) is 4.31. The number of hydrogen-bond donors (Lipinski definition) is 0. The standard InChI is InChI=1S/C26H20N4OS/c31-24(22-13-11-21(12-14-22)20-9-5-2-6-10-20)17-32-26-23-15-29-30(25(23)27-18-28-26)16-19-7-3-1-4-8-19/h1-15,18H,16-17H2. The monoisotopic (exact) mass is 436 g/mol. The van der Waals surface area contributed by atoms with Gasteiger partial charge in [0.2, 0.25) is 0 Å². The van der Waals surface area contributed by atoms with Crippen molar-refractivity contribution in [3.05, 3.63) is 109 Å². The number of fused-ring (bicyclic) bond motifs is 1. The highest BCUT2D eigenvalue weighted by Gasteiger charge is 2.13. The molecule has 0 saturated carbocycles. The van der Waals surface area contributed by atoms with Crippen LogP contribution in [0, 0.1) is 0 Å². The highest BCUT2D eigenvalue weighted by atomic mass is 32.2. The summed E-state index contributed by atoms with van der Waals surface area (Å²) in [5.74, 6) is 0.374. The van der Waals surface area contributed by atoms with E-state index < -0.39 is 0 Å². The number of carbonyl (C=O) groups is 1. The molecule has 0 aliphatic heterocycles. The minimum absolute atomic E-state index is 0.0676. The normalized spacial score (nSPS) is 11.0. The first kappa shape index (κ1) is 20.2. The van der Waals surface area contributed by atoms with Crippen LogP contribution in [0.5, 0.6) is 0 Å². The molecule has 2 heterocycles. The Bertz CT molecular complexity index is 1350. The van der Waals surface area contributed by atoms with Gasteiger partial charge in [0.15, 0.2) is 11.4 Å². The van der Waals surface area contributed by atoms with Gasteiger partial charge in [-0.15, -0.1) is 0 Å². The Morgan fingerprint density at radius 2 is 1.50 bits per heavy atom. The van der Waals surface area contributed by atoms with Gasteiger partial charge in [-0.25, -0.2) is 14.6 Å². The summed E-state index contributed by atoms with van der Waals surface area (Å²) in [4.78, 5) is 21.6. The van der Waals surface area contributed by atoms with Crippen LogP contribution in [-0.2, 0) is 6.54 Å². The highest BCUT2D eigenvalue weighted by Crippen LogP contribution is 2.26. The van der Waals surface area contributed by atoms with Crippen LogP contribution in [0.4, 0.5) is 0 Å². The van der Waals surface area contributed by atoms with Crippen LogP contribution in [0.25, 0.3) is 22.2 Å². The largest absolute Gasteiger partial charge is 0.293 e. The van der Waals surface area contributed by atoms with Crippen molar-refractivity contribution < 1.29 is 4.79 Å². The second-order valence-corrected chi connectivity index (χ2v) is 8.32. The minimum Gasteiger partial charge on any atom is -0.293 e. The number of rotatable bonds is 7. The van der Waals surface area contributed by atoms with Crippen LogP contribution in [0.15, 0.2) is 102 Å². The topological polar surface area (TPSA) is 60.7 Å². The number of nitrogens with zero attached hydrogens (tertiary/aromatic N) is 4. The molecule has 0 bridgehead atoms. The van der Waals surface area contributed by atoms with E-state index in [1.807, 2.05) is 65.3 Å². The predicted octanol–water partition coefficient (Wildman–Crippen LogP) is 5.52. The lowest BCUT2D eigenvalue weighted by atomic mass is 10.0. The first-order valence-electron chi connectivity index (χ1n) is 10.3. The van der Waals surface area contributed by atoms with Gasteiger partial charge in [0.1, 0.15) is 11.4 Å². The molecular formula is C26H20N4OS. The van der Waals surface area contributed by atoms with E-state index in [1.165, 1.54) is 18.1 Å². The summed E-state index contributed by atoms with van der Waals surface area (Å²) in [6.07, 6.45) is 3.31. The lowest BCUT2D eigenvalue weighted by molar-refractivity contribution is 0.102. The van der Waals surface area contributed by atoms with Gasteiger partial charge in [-0.3, -0.25) is 4.79 Å². The van der Waals surface area contributed by atoms with Crippen LogP contribution < -0.4 is 0 Å². The summed E-state index contributed by atoms with van der Waals surface area (Å²) in [7, 11) is 0. The molecule has 6 heteroatoms. The molecule has 0 unspecified atom stereocenters. The van der Waals surface area contributed by atoms with Crippen molar-refractivity contribution in [3.8, 4) is 11.1 Å². The Balaban J connectivity index is 1.29. The summed E-state index contributed by atoms with van der Waals surface area (Å²) in [5, 5.41) is 6.12. The Morgan fingerprint density at radius 3 is 2.25 bits per heavy atom. The van der Waals surface area contributed by atoms with E-state index in [1.54, 1.807) is 6.20 Å². The molecular weight excluding hydrogens is 416 g/mol. The number of hydrogen-bond acceptors (Lipinski definition) is 5. The zero-order valence-corrected chi connectivity index (χ0v) is 18.1. The Labute approximate surface area is 190 Å². The molecule has 0 atom stereocenters. The summed E-state index contributed by atoms with van der Waals surface area (Å²) in [6.45, 7) is 0.637. The average Bonchev–Trinajstić information content (AvgIpc) is 3.27. The van der Waals surface area contributed by atoms with Gasteiger partial charge in [0.25, 0.3) is 0 Å². The van der Waals surface area contributed by atoms with E-state index >= 15 is 0 Å². The first-order valence-corrected chi connectivity index (χ1v) is 11.3. The third-order valence-electron chi connectivity index (χ3n) is 5.23. The maximum absolute atomic E-state index is 12.8. The molecule has 5 aromatic rings. The van der Waals surface area contributed by atoms with Gasteiger partial charge in [0.05, 0.1) is 23.9 Å². The van der Waals surface area contributed by atoms with E-state index in [4.69, 9.17) is 0 Å². The van der Waals surface area contributed by atoms with E-state index in [2.05, 4.69) is 39.3 Å². The maximum atomic E-state index is 12.8. The van der Waals surface area contributed by atoms with Crippen molar-refractivity contribution in [1.29, 1.82) is 0 Å².